The zero-order valence-electron chi connectivity index (χ0n) is 13.9. The van der Waals surface area contributed by atoms with Gasteiger partial charge >= 0.3 is 0 Å². The van der Waals surface area contributed by atoms with Gasteiger partial charge in [-0.1, -0.05) is 0 Å². The highest BCUT2D eigenvalue weighted by Crippen LogP contribution is 2.34. The molecule has 1 saturated heterocycles. The molecule has 0 bridgehead atoms. The molecule has 25 heavy (non-hydrogen) atoms. The molecule has 4 aromatic heterocycles. The molecule has 0 amide bonds. The first-order valence-corrected chi connectivity index (χ1v) is 8.41. The number of rotatable bonds is 2. The van der Waals surface area contributed by atoms with Gasteiger partial charge in [-0.05, 0) is 19.1 Å². The van der Waals surface area contributed by atoms with Crippen LogP contribution in [0.1, 0.15) is 6.92 Å². The second-order valence-corrected chi connectivity index (χ2v) is 6.40. The van der Waals surface area contributed by atoms with Crippen LogP contribution in [0.15, 0.2) is 36.9 Å². The van der Waals surface area contributed by atoms with Crippen LogP contribution < -0.4 is 4.90 Å². The number of pyridine rings is 2. The van der Waals surface area contributed by atoms with Crippen molar-refractivity contribution < 1.29 is 4.74 Å². The van der Waals surface area contributed by atoms with Gasteiger partial charge in [-0.3, -0.25) is 10.1 Å². The van der Waals surface area contributed by atoms with Crippen molar-refractivity contribution in [3.8, 4) is 11.3 Å². The van der Waals surface area contributed by atoms with Crippen LogP contribution in [-0.2, 0) is 4.74 Å². The van der Waals surface area contributed by atoms with Crippen molar-refractivity contribution in [2.75, 3.05) is 24.7 Å². The summed E-state index contributed by atoms with van der Waals surface area (Å²) in [7, 11) is 0. The van der Waals surface area contributed by atoms with E-state index in [-0.39, 0.29) is 0 Å². The average Bonchev–Trinajstić information content (AvgIpc) is 3.30. The van der Waals surface area contributed by atoms with Crippen molar-refractivity contribution >= 4 is 27.6 Å². The summed E-state index contributed by atoms with van der Waals surface area (Å²) in [5.74, 6) is 0. The molecule has 126 valence electrons. The minimum Gasteiger partial charge on any atom is -0.377 e. The van der Waals surface area contributed by atoms with E-state index in [0.717, 1.165) is 58.6 Å². The van der Waals surface area contributed by atoms with Crippen LogP contribution in [-0.4, -0.2) is 50.9 Å². The number of hydrogen-bond donors (Lipinski definition) is 2. The number of morpholine rings is 1. The number of hydrogen-bond acceptors (Lipinski definition) is 5. The Morgan fingerprint density at radius 2 is 2.20 bits per heavy atom. The molecule has 7 heteroatoms. The van der Waals surface area contributed by atoms with Crippen molar-refractivity contribution in [1.29, 1.82) is 0 Å². The standard InChI is InChI=1S/C18H18N6O/c1-11-10-25-5-4-24(11)17-6-15(22-18-14(17)8-21-23-18)13-7-19-9-16-12(13)2-3-20-16/h2-3,6-9,11,20H,4-5,10H2,1H3,(H,21,22,23)/t11-/m1/s1. The van der Waals surface area contributed by atoms with Crippen LogP contribution in [0.4, 0.5) is 5.69 Å². The highest BCUT2D eigenvalue weighted by molar-refractivity contribution is 5.97. The minimum atomic E-state index is 0.309. The Morgan fingerprint density at radius 1 is 1.24 bits per heavy atom. The van der Waals surface area contributed by atoms with Crippen molar-refractivity contribution in [1.82, 2.24) is 25.1 Å². The number of fused-ring (bicyclic) bond motifs is 2. The normalized spacial score (nSPS) is 18.3. The number of aromatic nitrogens is 5. The van der Waals surface area contributed by atoms with Gasteiger partial charge in [0.25, 0.3) is 0 Å². The molecule has 5 rings (SSSR count). The molecule has 5 heterocycles. The summed E-state index contributed by atoms with van der Waals surface area (Å²) in [6.45, 7) is 4.50. The first-order valence-electron chi connectivity index (χ1n) is 8.41. The van der Waals surface area contributed by atoms with Gasteiger partial charge in [-0.25, -0.2) is 4.98 Å². The molecule has 0 aliphatic carbocycles. The highest BCUT2D eigenvalue weighted by atomic mass is 16.5. The van der Waals surface area contributed by atoms with Gasteiger partial charge in [0.1, 0.15) is 0 Å². The maximum Gasteiger partial charge on any atom is 0.157 e. The highest BCUT2D eigenvalue weighted by Gasteiger charge is 2.23. The van der Waals surface area contributed by atoms with Crippen LogP contribution in [0.5, 0.6) is 0 Å². The molecule has 7 nitrogen and oxygen atoms in total. The number of nitrogens with one attached hydrogen (secondary N) is 2. The number of ether oxygens (including phenoxy) is 1. The summed E-state index contributed by atoms with van der Waals surface area (Å²) in [6, 6.07) is 4.51. The molecule has 4 aromatic rings. The summed E-state index contributed by atoms with van der Waals surface area (Å²) >= 11 is 0. The van der Waals surface area contributed by atoms with E-state index in [1.165, 1.54) is 0 Å². The van der Waals surface area contributed by atoms with E-state index in [2.05, 4.69) is 44.1 Å². The smallest absolute Gasteiger partial charge is 0.157 e. The summed E-state index contributed by atoms with van der Waals surface area (Å²) in [6.07, 6.45) is 7.47. The van der Waals surface area contributed by atoms with Gasteiger partial charge in [0, 0.05) is 35.9 Å². The first-order chi connectivity index (χ1) is 12.3. The Hall–Kier alpha value is -2.93. The fourth-order valence-corrected chi connectivity index (χ4v) is 3.56. The average molecular weight is 334 g/mol. The summed E-state index contributed by atoms with van der Waals surface area (Å²) < 4.78 is 5.59. The van der Waals surface area contributed by atoms with Crippen LogP contribution in [0.2, 0.25) is 0 Å². The third kappa shape index (κ3) is 2.27. The monoisotopic (exact) mass is 334 g/mol. The molecule has 0 aromatic carbocycles. The summed E-state index contributed by atoms with van der Waals surface area (Å²) in [4.78, 5) is 14.7. The van der Waals surface area contributed by atoms with E-state index < -0.39 is 0 Å². The van der Waals surface area contributed by atoms with Gasteiger partial charge in [0.2, 0.25) is 0 Å². The molecule has 2 N–H and O–H groups in total. The van der Waals surface area contributed by atoms with E-state index in [9.17, 15) is 0 Å². The third-order valence-electron chi connectivity index (χ3n) is 4.83. The lowest BCUT2D eigenvalue weighted by atomic mass is 10.1. The van der Waals surface area contributed by atoms with Crippen LogP contribution >= 0.6 is 0 Å². The third-order valence-corrected chi connectivity index (χ3v) is 4.83. The summed E-state index contributed by atoms with van der Waals surface area (Å²) in [5, 5.41) is 9.37. The topological polar surface area (TPSA) is 82.7 Å². The SMILES string of the molecule is C[C@@H]1COCCN1c1cc(-c2cncc3[nH]ccc23)nc2[nH]ncc12. The maximum atomic E-state index is 5.59. The van der Waals surface area contributed by atoms with Crippen LogP contribution in [0, 0.1) is 0 Å². The Kier molecular flexibility index (Phi) is 3.21. The number of aromatic amines is 2. The maximum absolute atomic E-state index is 5.59. The molecule has 1 fully saturated rings. The van der Waals surface area contributed by atoms with Crippen molar-refractivity contribution in [3.63, 3.8) is 0 Å². The molecular formula is C18H18N6O. The van der Waals surface area contributed by atoms with E-state index >= 15 is 0 Å². The Labute approximate surface area is 144 Å². The predicted molar refractivity (Wildman–Crippen MR) is 96.6 cm³/mol. The molecule has 1 aliphatic heterocycles. The molecule has 0 radical (unpaired) electrons. The minimum absolute atomic E-state index is 0.309. The lowest BCUT2D eigenvalue weighted by Crippen LogP contribution is -2.43. The molecule has 0 unspecified atom stereocenters. The van der Waals surface area contributed by atoms with Gasteiger partial charge in [0.05, 0.1) is 47.9 Å². The Balaban J connectivity index is 1.73. The lowest BCUT2D eigenvalue weighted by Gasteiger charge is -2.35. The second kappa shape index (κ2) is 5.56. The van der Waals surface area contributed by atoms with Crippen molar-refractivity contribution in [2.45, 2.75) is 13.0 Å². The van der Waals surface area contributed by atoms with E-state index in [4.69, 9.17) is 9.72 Å². The molecule has 0 spiro atoms. The van der Waals surface area contributed by atoms with Gasteiger partial charge in [-0.15, -0.1) is 0 Å². The zero-order valence-corrected chi connectivity index (χ0v) is 13.9. The largest absolute Gasteiger partial charge is 0.377 e. The predicted octanol–water partition coefficient (Wildman–Crippen LogP) is 2.73. The van der Waals surface area contributed by atoms with Crippen molar-refractivity contribution in [2.24, 2.45) is 0 Å². The van der Waals surface area contributed by atoms with E-state index in [1.54, 1.807) is 0 Å². The van der Waals surface area contributed by atoms with E-state index in [0.29, 0.717) is 6.04 Å². The zero-order chi connectivity index (χ0) is 16.8. The van der Waals surface area contributed by atoms with Crippen LogP contribution in [0.25, 0.3) is 33.2 Å². The van der Waals surface area contributed by atoms with Gasteiger partial charge in [-0.2, -0.15) is 5.10 Å². The lowest BCUT2D eigenvalue weighted by molar-refractivity contribution is 0.0991. The molecule has 0 saturated carbocycles. The fourth-order valence-electron chi connectivity index (χ4n) is 3.56. The first kappa shape index (κ1) is 14.4. The van der Waals surface area contributed by atoms with E-state index in [1.807, 2.05) is 24.8 Å². The molecule has 1 atom stereocenters. The Morgan fingerprint density at radius 3 is 3.12 bits per heavy atom. The number of H-pyrrole nitrogens is 2. The van der Waals surface area contributed by atoms with Crippen LogP contribution in [0.3, 0.4) is 0 Å². The second-order valence-electron chi connectivity index (χ2n) is 6.40. The quantitative estimate of drug-likeness (QED) is 0.589. The number of nitrogens with zero attached hydrogens (tertiary/aromatic N) is 4. The fraction of sp³-hybridized carbons (Fsp3) is 0.278. The number of anilines is 1. The summed E-state index contributed by atoms with van der Waals surface area (Å²) in [5.41, 5.74) is 4.83. The van der Waals surface area contributed by atoms with Gasteiger partial charge in [0.15, 0.2) is 5.65 Å². The molecule has 1 aliphatic rings. The Bertz CT molecular complexity index is 1050. The van der Waals surface area contributed by atoms with Crippen molar-refractivity contribution in [3.05, 3.63) is 36.9 Å². The molecular weight excluding hydrogens is 316 g/mol. The van der Waals surface area contributed by atoms with Gasteiger partial charge < -0.3 is 14.6 Å².